The first-order chi connectivity index (χ1) is 11.8. The molecular weight excluding hydrogens is 320 g/mol. The first-order valence-corrected chi connectivity index (χ1v) is 8.94. The molecule has 0 aliphatic carbocycles. The SMILES string of the molecule is CC(C)(C)OC(=O)NCC(O)C(O)c1ccc(N2CCCCC2)cc1. The molecule has 1 aromatic carbocycles. The molecule has 0 radical (unpaired) electrons. The highest BCUT2D eigenvalue weighted by molar-refractivity contribution is 5.67. The maximum absolute atomic E-state index is 11.6. The lowest BCUT2D eigenvalue weighted by Gasteiger charge is -2.29. The number of carbonyl (C=O) groups excluding carboxylic acids is 1. The van der Waals surface area contributed by atoms with Crippen molar-refractivity contribution in [3.8, 4) is 0 Å². The third-order valence-corrected chi connectivity index (χ3v) is 4.17. The van der Waals surface area contributed by atoms with Gasteiger partial charge in [-0.05, 0) is 57.7 Å². The molecule has 2 unspecified atom stereocenters. The molecule has 2 atom stereocenters. The maximum atomic E-state index is 11.6. The monoisotopic (exact) mass is 350 g/mol. The van der Waals surface area contributed by atoms with Crippen LogP contribution in [0, 0.1) is 0 Å². The van der Waals surface area contributed by atoms with Crippen LogP contribution in [0.3, 0.4) is 0 Å². The van der Waals surface area contributed by atoms with Crippen LogP contribution in [0.5, 0.6) is 0 Å². The molecule has 1 aromatic rings. The van der Waals surface area contributed by atoms with Crippen LogP contribution < -0.4 is 10.2 Å². The van der Waals surface area contributed by atoms with Gasteiger partial charge >= 0.3 is 6.09 Å². The lowest BCUT2D eigenvalue weighted by atomic mass is 10.0. The second-order valence-corrected chi connectivity index (χ2v) is 7.53. The number of aliphatic hydroxyl groups excluding tert-OH is 2. The fraction of sp³-hybridized carbons (Fsp3) is 0.632. The molecule has 0 bridgehead atoms. The van der Waals surface area contributed by atoms with E-state index in [1.807, 2.05) is 24.3 Å². The van der Waals surface area contributed by atoms with E-state index in [9.17, 15) is 15.0 Å². The Morgan fingerprint density at radius 1 is 1.16 bits per heavy atom. The zero-order chi connectivity index (χ0) is 18.4. The number of ether oxygens (including phenoxy) is 1. The van der Waals surface area contributed by atoms with Crippen molar-refractivity contribution >= 4 is 11.8 Å². The number of alkyl carbamates (subject to hydrolysis) is 1. The van der Waals surface area contributed by atoms with Crippen molar-refractivity contribution < 1.29 is 19.7 Å². The Bertz CT molecular complexity index is 548. The van der Waals surface area contributed by atoms with Gasteiger partial charge in [0, 0.05) is 25.3 Å². The summed E-state index contributed by atoms with van der Waals surface area (Å²) in [5.74, 6) is 0. The van der Waals surface area contributed by atoms with E-state index in [-0.39, 0.29) is 6.54 Å². The van der Waals surface area contributed by atoms with Crippen LogP contribution in [0.25, 0.3) is 0 Å². The van der Waals surface area contributed by atoms with Gasteiger partial charge in [0.1, 0.15) is 17.8 Å². The lowest BCUT2D eigenvalue weighted by molar-refractivity contribution is 0.0129. The zero-order valence-corrected chi connectivity index (χ0v) is 15.4. The van der Waals surface area contributed by atoms with Crippen LogP contribution >= 0.6 is 0 Å². The maximum Gasteiger partial charge on any atom is 0.407 e. The van der Waals surface area contributed by atoms with Gasteiger partial charge in [0.25, 0.3) is 0 Å². The molecule has 2 rings (SSSR count). The Hall–Kier alpha value is -1.79. The van der Waals surface area contributed by atoms with Gasteiger partial charge in [0.15, 0.2) is 0 Å². The predicted molar refractivity (Wildman–Crippen MR) is 97.7 cm³/mol. The Balaban J connectivity index is 1.86. The van der Waals surface area contributed by atoms with Crippen LogP contribution in [0.4, 0.5) is 10.5 Å². The Kier molecular flexibility index (Phi) is 6.67. The lowest BCUT2D eigenvalue weighted by Crippen LogP contribution is -2.38. The first kappa shape index (κ1) is 19.5. The normalized spacial score (nSPS) is 17.7. The molecule has 6 heteroatoms. The standard InChI is InChI=1S/C19H30N2O4/c1-19(2,3)25-18(24)20-13-16(22)17(23)14-7-9-15(10-8-14)21-11-5-4-6-12-21/h7-10,16-17,22-23H,4-6,11-13H2,1-3H3,(H,20,24). The summed E-state index contributed by atoms with van der Waals surface area (Å²) < 4.78 is 5.11. The number of nitrogens with one attached hydrogen (secondary N) is 1. The van der Waals surface area contributed by atoms with Gasteiger partial charge in [-0.25, -0.2) is 4.79 Å². The van der Waals surface area contributed by atoms with Gasteiger partial charge in [-0.3, -0.25) is 0 Å². The highest BCUT2D eigenvalue weighted by atomic mass is 16.6. The molecule has 0 aromatic heterocycles. The van der Waals surface area contributed by atoms with Crippen LogP contribution in [0.15, 0.2) is 24.3 Å². The third-order valence-electron chi connectivity index (χ3n) is 4.17. The van der Waals surface area contributed by atoms with E-state index in [1.165, 1.54) is 19.3 Å². The van der Waals surface area contributed by atoms with Gasteiger partial charge in [-0.15, -0.1) is 0 Å². The van der Waals surface area contributed by atoms with Crippen molar-refractivity contribution in [2.75, 3.05) is 24.5 Å². The average Bonchev–Trinajstić information content (AvgIpc) is 2.58. The fourth-order valence-corrected chi connectivity index (χ4v) is 2.87. The molecule has 3 N–H and O–H groups in total. The molecule has 0 saturated carbocycles. The number of amides is 1. The molecule has 1 saturated heterocycles. The number of rotatable bonds is 5. The van der Waals surface area contributed by atoms with Gasteiger partial charge < -0.3 is 25.2 Å². The number of aliphatic hydroxyl groups is 2. The van der Waals surface area contributed by atoms with Crippen LogP contribution in [-0.2, 0) is 4.74 Å². The molecule has 140 valence electrons. The predicted octanol–water partition coefficient (Wildman–Crippen LogP) is 2.60. The minimum absolute atomic E-state index is 0.0794. The minimum atomic E-state index is -1.10. The van der Waals surface area contributed by atoms with Crippen molar-refractivity contribution in [1.82, 2.24) is 5.32 Å². The summed E-state index contributed by atoms with van der Waals surface area (Å²) in [6.45, 7) is 7.34. The molecule has 1 heterocycles. The Morgan fingerprint density at radius 2 is 1.76 bits per heavy atom. The van der Waals surface area contributed by atoms with Gasteiger partial charge in [-0.1, -0.05) is 12.1 Å². The molecule has 1 aliphatic heterocycles. The topological polar surface area (TPSA) is 82.0 Å². The van der Waals surface area contributed by atoms with Crippen LogP contribution in [0.1, 0.15) is 51.7 Å². The second kappa shape index (κ2) is 8.54. The number of hydrogen-bond donors (Lipinski definition) is 3. The number of nitrogens with zero attached hydrogens (tertiary/aromatic N) is 1. The zero-order valence-electron chi connectivity index (χ0n) is 15.4. The fourth-order valence-electron chi connectivity index (χ4n) is 2.87. The quantitative estimate of drug-likeness (QED) is 0.760. The minimum Gasteiger partial charge on any atom is -0.444 e. The molecule has 6 nitrogen and oxygen atoms in total. The van der Waals surface area contributed by atoms with Crippen LogP contribution in [-0.4, -0.2) is 47.6 Å². The molecule has 1 aliphatic rings. The summed E-state index contributed by atoms with van der Waals surface area (Å²) in [5.41, 5.74) is 1.16. The number of carbonyl (C=O) groups is 1. The summed E-state index contributed by atoms with van der Waals surface area (Å²) in [4.78, 5) is 13.9. The van der Waals surface area contributed by atoms with E-state index in [2.05, 4.69) is 10.2 Å². The van der Waals surface area contributed by atoms with Crippen molar-refractivity contribution in [2.24, 2.45) is 0 Å². The van der Waals surface area contributed by atoms with Crippen molar-refractivity contribution in [3.63, 3.8) is 0 Å². The molecule has 1 amide bonds. The van der Waals surface area contributed by atoms with Gasteiger partial charge in [0.05, 0.1) is 0 Å². The summed E-state index contributed by atoms with van der Waals surface area (Å²) in [5, 5.41) is 22.9. The van der Waals surface area contributed by atoms with Crippen molar-refractivity contribution in [1.29, 1.82) is 0 Å². The highest BCUT2D eigenvalue weighted by Crippen LogP contribution is 2.23. The third kappa shape index (κ3) is 6.21. The number of benzene rings is 1. The van der Waals surface area contributed by atoms with Crippen LogP contribution in [0.2, 0.25) is 0 Å². The second-order valence-electron chi connectivity index (χ2n) is 7.53. The highest BCUT2D eigenvalue weighted by Gasteiger charge is 2.22. The Labute approximate surface area is 149 Å². The van der Waals surface area contributed by atoms with E-state index >= 15 is 0 Å². The molecule has 1 fully saturated rings. The molecule has 25 heavy (non-hydrogen) atoms. The summed E-state index contributed by atoms with van der Waals surface area (Å²) in [6, 6.07) is 7.59. The number of piperidine rings is 1. The number of anilines is 1. The first-order valence-electron chi connectivity index (χ1n) is 8.94. The smallest absolute Gasteiger partial charge is 0.407 e. The Morgan fingerprint density at radius 3 is 2.32 bits per heavy atom. The van der Waals surface area contributed by atoms with E-state index in [0.29, 0.717) is 5.56 Å². The van der Waals surface area contributed by atoms with E-state index in [4.69, 9.17) is 4.74 Å². The van der Waals surface area contributed by atoms with Crippen molar-refractivity contribution in [2.45, 2.75) is 57.8 Å². The van der Waals surface area contributed by atoms with Gasteiger partial charge in [0.2, 0.25) is 0 Å². The molecular formula is C19H30N2O4. The van der Waals surface area contributed by atoms with E-state index < -0.39 is 23.9 Å². The van der Waals surface area contributed by atoms with E-state index in [0.717, 1.165) is 18.8 Å². The van der Waals surface area contributed by atoms with E-state index in [1.54, 1.807) is 20.8 Å². The summed E-state index contributed by atoms with van der Waals surface area (Å²) >= 11 is 0. The largest absolute Gasteiger partial charge is 0.444 e. The summed E-state index contributed by atoms with van der Waals surface area (Å²) in [7, 11) is 0. The molecule has 0 spiro atoms. The van der Waals surface area contributed by atoms with Gasteiger partial charge in [-0.2, -0.15) is 0 Å². The van der Waals surface area contributed by atoms with Crippen molar-refractivity contribution in [3.05, 3.63) is 29.8 Å². The average molecular weight is 350 g/mol. The summed E-state index contributed by atoms with van der Waals surface area (Å²) in [6.07, 6.45) is 0.918. The number of hydrogen-bond acceptors (Lipinski definition) is 5.